The van der Waals surface area contributed by atoms with Crippen LogP contribution >= 0.6 is 0 Å². The average Bonchev–Trinajstić information content (AvgIpc) is 2.29. The SMILES string of the molecule is C[C@@]12CCCC[C@H]1C(=O)OC2. The van der Waals surface area contributed by atoms with Crippen molar-refractivity contribution in [2.24, 2.45) is 11.3 Å². The Labute approximate surface area is 66.9 Å². The smallest absolute Gasteiger partial charge is 0.309 e. The molecule has 0 unspecified atom stereocenters. The Morgan fingerprint density at radius 3 is 3.09 bits per heavy atom. The molecule has 2 nitrogen and oxygen atoms in total. The van der Waals surface area contributed by atoms with Crippen LogP contribution in [0.4, 0.5) is 0 Å². The number of esters is 1. The van der Waals surface area contributed by atoms with Gasteiger partial charge in [0.1, 0.15) is 0 Å². The van der Waals surface area contributed by atoms with Crippen molar-refractivity contribution in [3.8, 4) is 0 Å². The molecule has 1 heterocycles. The van der Waals surface area contributed by atoms with Crippen molar-refractivity contribution in [1.82, 2.24) is 0 Å². The van der Waals surface area contributed by atoms with Gasteiger partial charge in [0, 0.05) is 5.41 Å². The second-order valence-corrected chi connectivity index (χ2v) is 4.06. The fourth-order valence-corrected chi connectivity index (χ4v) is 2.31. The molecule has 1 saturated heterocycles. The van der Waals surface area contributed by atoms with Crippen molar-refractivity contribution in [1.29, 1.82) is 0 Å². The maximum atomic E-state index is 11.2. The van der Waals surface area contributed by atoms with Gasteiger partial charge in [-0.3, -0.25) is 4.79 Å². The van der Waals surface area contributed by atoms with E-state index >= 15 is 0 Å². The van der Waals surface area contributed by atoms with E-state index in [-0.39, 0.29) is 17.3 Å². The molecule has 62 valence electrons. The number of rotatable bonds is 0. The van der Waals surface area contributed by atoms with Crippen LogP contribution in [0, 0.1) is 11.3 Å². The van der Waals surface area contributed by atoms with Gasteiger partial charge >= 0.3 is 5.97 Å². The van der Waals surface area contributed by atoms with Crippen molar-refractivity contribution in [3.63, 3.8) is 0 Å². The summed E-state index contributed by atoms with van der Waals surface area (Å²) in [6.45, 7) is 2.85. The Morgan fingerprint density at radius 2 is 2.36 bits per heavy atom. The molecule has 2 heteroatoms. The summed E-state index contributed by atoms with van der Waals surface area (Å²) < 4.78 is 5.06. The van der Waals surface area contributed by atoms with Gasteiger partial charge in [0.15, 0.2) is 0 Å². The molecular formula is C9H14O2. The minimum Gasteiger partial charge on any atom is -0.465 e. The third-order valence-corrected chi connectivity index (χ3v) is 3.16. The number of ether oxygens (including phenoxy) is 1. The summed E-state index contributed by atoms with van der Waals surface area (Å²) in [7, 11) is 0. The second-order valence-electron chi connectivity index (χ2n) is 4.06. The summed E-state index contributed by atoms with van der Waals surface area (Å²) in [5, 5.41) is 0. The predicted molar refractivity (Wildman–Crippen MR) is 41.0 cm³/mol. The molecule has 0 amide bonds. The number of carbonyl (C=O) groups excluding carboxylic acids is 1. The number of hydrogen-bond acceptors (Lipinski definition) is 2. The molecular weight excluding hydrogens is 140 g/mol. The van der Waals surface area contributed by atoms with Crippen LogP contribution in [0.5, 0.6) is 0 Å². The lowest BCUT2D eigenvalue weighted by atomic mass is 9.70. The monoisotopic (exact) mass is 154 g/mol. The Hall–Kier alpha value is -0.530. The van der Waals surface area contributed by atoms with Crippen LogP contribution in [0.2, 0.25) is 0 Å². The summed E-state index contributed by atoms with van der Waals surface area (Å²) in [4.78, 5) is 11.2. The minimum atomic E-state index is 0.0483. The highest BCUT2D eigenvalue weighted by atomic mass is 16.5. The van der Waals surface area contributed by atoms with Crippen LogP contribution < -0.4 is 0 Å². The van der Waals surface area contributed by atoms with E-state index in [1.807, 2.05) is 0 Å². The zero-order valence-corrected chi connectivity index (χ0v) is 6.93. The Bertz CT molecular complexity index is 188. The van der Waals surface area contributed by atoms with Crippen molar-refractivity contribution < 1.29 is 9.53 Å². The molecule has 2 atom stereocenters. The summed E-state index contributed by atoms with van der Waals surface area (Å²) in [5.74, 6) is 0.267. The first-order valence-corrected chi connectivity index (χ1v) is 4.39. The van der Waals surface area contributed by atoms with E-state index in [1.54, 1.807) is 0 Å². The van der Waals surface area contributed by atoms with Crippen LogP contribution in [-0.4, -0.2) is 12.6 Å². The number of hydrogen-bond donors (Lipinski definition) is 0. The van der Waals surface area contributed by atoms with Gasteiger partial charge in [-0.1, -0.05) is 19.8 Å². The summed E-state index contributed by atoms with van der Waals surface area (Å²) in [6.07, 6.45) is 4.69. The van der Waals surface area contributed by atoms with E-state index in [4.69, 9.17) is 4.74 Å². The molecule has 0 aromatic heterocycles. The second kappa shape index (κ2) is 2.23. The van der Waals surface area contributed by atoms with Gasteiger partial charge in [0.2, 0.25) is 0 Å². The summed E-state index contributed by atoms with van der Waals surface area (Å²) in [5.41, 5.74) is 0.190. The van der Waals surface area contributed by atoms with Crippen molar-refractivity contribution in [2.45, 2.75) is 32.6 Å². The first-order valence-electron chi connectivity index (χ1n) is 4.39. The fourth-order valence-electron chi connectivity index (χ4n) is 2.31. The summed E-state index contributed by atoms with van der Waals surface area (Å²) >= 11 is 0. The molecule has 1 aliphatic heterocycles. The summed E-state index contributed by atoms with van der Waals surface area (Å²) in [6, 6.07) is 0. The number of carbonyl (C=O) groups is 1. The number of fused-ring (bicyclic) bond motifs is 1. The lowest BCUT2D eigenvalue weighted by molar-refractivity contribution is -0.141. The maximum absolute atomic E-state index is 11.2. The van der Waals surface area contributed by atoms with Crippen molar-refractivity contribution >= 4 is 5.97 Å². The van der Waals surface area contributed by atoms with Gasteiger partial charge in [-0.05, 0) is 12.8 Å². The van der Waals surface area contributed by atoms with Crippen LogP contribution in [0.25, 0.3) is 0 Å². The Kier molecular flexibility index (Phi) is 1.44. The Morgan fingerprint density at radius 1 is 1.55 bits per heavy atom. The first-order chi connectivity index (χ1) is 5.22. The molecule has 2 aliphatic rings. The van der Waals surface area contributed by atoms with Crippen LogP contribution in [0.3, 0.4) is 0 Å². The molecule has 1 saturated carbocycles. The van der Waals surface area contributed by atoms with Crippen LogP contribution in [-0.2, 0) is 9.53 Å². The topological polar surface area (TPSA) is 26.3 Å². The van der Waals surface area contributed by atoms with E-state index in [9.17, 15) is 4.79 Å². The third-order valence-electron chi connectivity index (χ3n) is 3.16. The van der Waals surface area contributed by atoms with E-state index in [2.05, 4.69) is 6.92 Å². The highest BCUT2D eigenvalue weighted by molar-refractivity contribution is 5.75. The molecule has 2 rings (SSSR count). The molecule has 11 heavy (non-hydrogen) atoms. The lowest BCUT2D eigenvalue weighted by Crippen LogP contribution is -2.30. The first kappa shape index (κ1) is 7.14. The van der Waals surface area contributed by atoms with Gasteiger partial charge < -0.3 is 4.74 Å². The van der Waals surface area contributed by atoms with Gasteiger partial charge in [-0.15, -0.1) is 0 Å². The highest BCUT2D eigenvalue weighted by Crippen LogP contribution is 2.45. The van der Waals surface area contributed by atoms with Gasteiger partial charge in [0.05, 0.1) is 12.5 Å². The van der Waals surface area contributed by atoms with Gasteiger partial charge in [-0.2, -0.15) is 0 Å². The van der Waals surface area contributed by atoms with Crippen molar-refractivity contribution in [3.05, 3.63) is 0 Å². The quantitative estimate of drug-likeness (QED) is 0.497. The number of cyclic esters (lactones) is 1. The molecule has 2 fully saturated rings. The van der Waals surface area contributed by atoms with Crippen molar-refractivity contribution in [2.75, 3.05) is 6.61 Å². The van der Waals surface area contributed by atoms with E-state index < -0.39 is 0 Å². The standard InChI is InChI=1S/C9H14O2/c1-9-5-3-2-4-7(9)8(10)11-6-9/h7H,2-6H2,1H3/t7-,9-/m0/s1. The van der Waals surface area contributed by atoms with E-state index in [0.717, 1.165) is 6.42 Å². The molecule has 1 aliphatic carbocycles. The largest absolute Gasteiger partial charge is 0.465 e. The fraction of sp³-hybridized carbons (Fsp3) is 0.889. The molecule has 0 bridgehead atoms. The minimum absolute atomic E-state index is 0.0483. The lowest BCUT2D eigenvalue weighted by Gasteiger charge is -2.31. The van der Waals surface area contributed by atoms with E-state index in [0.29, 0.717) is 6.61 Å². The van der Waals surface area contributed by atoms with E-state index in [1.165, 1.54) is 19.3 Å². The third kappa shape index (κ3) is 0.959. The van der Waals surface area contributed by atoms with Gasteiger partial charge in [0.25, 0.3) is 0 Å². The normalized spacial score (nSPS) is 43.4. The Balaban J connectivity index is 2.21. The van der Waals surface area contributed by atoms with Crippen LogP contribution in [0.15, 0.2) is 0 Å². The highest BCUT2D eigenvalue weighted by Gasteiger charge is 2.47. The maximum Gasteiger partial charge on any atom is 0.309 e. The zero-order chi connectivity index (χ0) is 7.90. The predicted octanol–water partition coefficient (Wildman–Crippen LogP) is 1.74. The zero-order valence-electron chi connectivity index (χ0n) is 6.93. The van der Waals surface area contributed by atoms with Crippen LogP contribution in [0.1, 0.15) is 32.6 Å². The molecule has 0 radical (unpaired) electrons. The average molecular weight is 154 g/mol. The molecule has 0 aromatic carbocycles. The van der Waals surface area contributed by atoms with Gasteiger partial charge in [-0.25, -0.2) is 0 Å². The molecule has 0 spiro atoms. The molecule has 0 N–H and O–H groups in total. The molecule has 0 aromatic rings.